The number of halogens is 2. The minimum Gasteiger partial charge on any atom is -0.464 e. The number of pyridine rings is 1. The number of piperazine rings is 1. The topological polar surface area (TPSA) is 134 Å². The maximum atomic E-state index is 14.2. The SMILES string of the molecule is CCn1c(-c2cc(N3CCN(C)CC3)cnc2[C@H](C)OC)c2c3cc(ccc31)-c1csc(n1)C[C@H](NC(=O)[C@H]1CCC(F)(F)C1)C(=O)N1CCC[C@H](N1)C(=O)OCC(C)(C)C2.S.S.S.S. The second-order valence-corrected chi connectivity index (χ2v) is 19.0. The Labute approximate surface area is 412 Å². The summed E-state index contributed by atoms with van der Waals surface area (Å²) in [5.74, 6) is -5.32. The van der Waals surface area contributed by atoms with E-state index in [1.807, 2.05) is 18.5 Å². The number of carbonyl (C=O) groups is 3. The van der Waals surface area contributed by atoms with Gasteiger partial charge in [-0.2, -0.15) is 54.0 Å². The van der Waals surface area contributed by atoms with Crippen LogP contribution in [0.3, 0.4) is 0 Å². The molecular formula is C45H66F2N8O5S5. The van der Waals surface area contributed by atoms with E-state index in [2.05, 4.69) is 77.2 Å². The summed E-state index contributed by atoms with van der Waals surface area (Å²) in [7, 11) is 3.85. The Bertz CT molecular complexity index is 2310. The molecule has 4 aromatic rings. The third-order valence-electron chi connectivity index (χ3n) is 12.9. The molecule has 4 atom stereocenters. The largest absolute Gasteiger partial charge is 0.464 e. The summed E-state index contributed by atoms with van der Waals surface area (Å²) in [6.07, 6.45) is 2.43. The number of rotatable bonds is 7. The zero-order valence-corrected chi connectivity index (χ0v) is 42.9. The maximum Gasteiger partial charge on any atom is 0.324 e. The van der Waals surface area contributed by atoms with E-state index in [4.69, 9.17) is 19.4 Å². The Hall–Kier alpha value is -3.11. The highest BCUT2D eigenvalue weighted by molar-refractivity contribution is 7.59. The number of hydrogen-bond acceptors (Lipinski definition) is 11. The molecule has 8 rings (SSSR count). The molecule has 13 nitrogen and oxygen atoms in total. The number of esters is 1. The molecule has 1 aromatic carbocycles. The predicted molar refractivity (Wildman–Crippen MR) is 273 cm³/mol. The van der Waals surface area contributed by atoms with Gasteiger partial charge >= 0.3 is 5.97 Å². The molecule has 3 aliphatic heterocycles. The van der Waals surface area contributed by atoms with Crippen molar-refractivity contribution in [3.63, 3.8) is 0 Å². The molecule has 2 N–H and O–H groups in total. The lowest BCUT2D eigenvalue weighted by molar-refractivity contribution is -0.155. The number of nitrogens with zero attached hydrogens (tertiary/aromatic N) is 6. The highest BCUT2D eigenvalue weighted by Gasteiger charge is 2.44. The number of cyclic esters (lactones) is 1. The van der Waals surface area contributed by atoms with E-state index in [0.29, 0.717) is 37.4 Å². The average molecular weight is 997 g/mol. The Morgan fingerprint density at radius 1 is 1.08 bits per heavy atom. The number of alkyl halides is 2. The van der Waals surface area contributed by atoms with E-state index in [1.165, 1.54) is 16.3 Å². The van der Waals surface area contributed by atoms with E-state index in [1.54, 1.807) is 7.11 Å². The van der Waals surface area contributed by atoms with Gasteiger partial charge in [0.05, 0.1) is 46.7 Å². The number of aromatic nitrogens is 3. The van der Waals surface area contributed by atoms with Crippen molar-refractivity contribution in [2.45, 2.75) is 103 Å². The van der Waals surface area contributed by atoms with Gasteiger partial charge in [0.25, 0.3) is 5.91 Å². The predicted octanol–water partition coefficient (Wildman–Crippen LogP) is 6.84. The summed E-state index contributed by atoms with van der Waals surface area (Å²) in [4.78, 5) is 56.3. The molecule has 4 aliphatic rings. The number of likely N-dealkylation sites (N-methyl/N-ethyl adjacent to an activating group) is 1. The Balaban J connectivity index is 0.00000231. The first-order chi connectivity index (χ1) is 29.1. The third kappa shape index (κ3) is 11.8. The van der Waals surface area contributed by atoms with Crippen LogP contribution in [0.2, 0.25) is 0 Å². The molecule has 3 fully saturated rings. The fourth-order valence-electron chi connectivity index (χ4n) is 9.30. The van der Waals surface area contributed by atoms with Crippen LogP contribution in [0, 0.1) is 11.3 Å². The average Bonchev–Trinajstić information content (AvgIpc) is 3.96. The molecule has 20 heteroatoms. The minimum atomic E-state index is -2.92. The van der Waals surface area contributed by atoms with Crippen LogP contribution in [0.1, 0.15) is 82.2 Å². The minimum absolute atomic E-state index is 0. The zero-order chi connectivity index (χ0) is 43.2. The molecule has 6 bridgehead atoms. The fraction of sp³-hybridized carbons (Fsp3) is 0.578. The van der Waals surface area contributed by atoms with Crippen molar-refractivity contribution >= 4 is 99.7 Å². The molecule has 3 aromatic heterocycles. The van der Waals surface area contributed by atoms with Gasteiger partial charge < -0.3 is 29.2 Å². The summed E-state index contributed by atoms with van der Waals surface area (Å²) in [5.41, 5.74) is 10.3. The Kier molecular flexibility index (Phi) is 18.7. The third-order valence-corrected chi connectivity index (χ3v) is 13.7. The van der Waals surface area contributed by atoms with E-state index in [9.17, 15) is 23.2 Å². The fourth-order valence-corrected chi connectivity index (χ4v) is 10.2. The van der Waals surface area contributed by atoms with Gasteiger partial charge in [0, 0.05) is 104 Å². The molecule has 6 heterocycles. The van der Waals surface area contributed by atoms with E-state index in [-0.39, 0.29) is 86.0 Å². The van der Waals surface area contributed by atoms with Gasteiger partial charge in [-0.1, -0.05) is 19.9 Å². The van der Waals surface area contributed by atoms with Crippen molar-refractivity contribution in [1.29, 1.82) is 0 Å². The van der Waals surface area contributed by atoms with Crippen molar-refractivity contribution in [3.8, 4) is 22.5 Å². The normalized spacial score (nSPS) is 22.6. The number of amides is 2. The second kappa shape index (κ2) is 22.3. The summed E-state index contributed by atoms with van der Waals surface area (Å²) in [6.45, 7) is 13.2. The number of thiazole rings is 1. The van der Waals surface area contributed by atoms with Gasteiger partial charge in [-0.25, -0.2) is 19.2 Å². The molecular weight excluding hydrogens is 931 g/mol. The summed E-state index contributed by atoms with van der Waals surface area (Å²) >= 11 is 1.38. The first-order valence-electron chi connectivity index (χ1n) is 21.6. The van der Waals surface area contributed by atoms with Crippen molar-refractivity contribution in [3.05, 3.63) is 52.1 Å². The van der Waals surface area contributed by atoms with Gasteiger partial charge in [-0.05, 0) is 70.3 Å². The summed E-state index contributed by atoms with van der Waals surface area (Å²) in [6, 6.07) is 6.76. The first-order valence-corrected chi connectivity index (χ1v) is 22.5. The molecule has 2 saturated heterocycles. The van der Waals surface area contributed by atoms with Crippen LogP contribution in [0.15, 0.2) is 35.8 Å². The van der Waals surface area contributed by atoms with Crippen molar-refractivity contribution in [1.82, 2.24) is 35.2 Å². The molecule has 1 saturated carbocycles. The van der Waals surface area contributed by atoms with Crippen molar-refractivity contribution in [2.24, 2.45) is 11.3 Å². The lowest BCUT2D eigenvalue weighted by Crippen LogP contribution is -2.60. The number of anilines is 1. The monoisotopic (exact) mass is 996 g/mol. The standard InChI is InChI=1S/C45H58F2N8O5S.4H2S/c1-7-54-37-11-10-28-19-31(37)33(40(54)32-20-30(24-48-39(32)27(2)59-6)53-17-15-52(5)16-18-53)23-44(3,4)26-60-43(58)34-9-8-14-55(51-34)42(57)35(21-38-49-36(28)25-61-38)50-41(56)29-12-13-45(46,47)22-29;;;;/h10-11,19-20,24-25,27,29,34-35,51H,7-9,12-18,21-23,26H2,1-6H3,(H,50,56);4*1H2/t27-,29-,34-,35-;;;;/m0..../s1. The summed E-state index contributed by atoms with van der Waals surface area (Å²) < 4.78 is 42.7. The number of benzene rings is 1. The molecule has 0 unspecified atom stereocenters. The molecule has 1 aliphatic carbocycles. The number of hydrogen-bond donors (Lipinski definition) is 2. The van der Waals surface area contributed by atoms with E-state index < -0.39 is 53.5 Å². The lowest BCUT2D eigenvalue weighted by atomic mass is 9.84. The van der Waals surface area contributed by atoms with Crippen LogP contribution in [-0.4, -0.2) is 114 Å². The van der Waals surface area contributed by atoms with Crippen LogP contribution in [0.25, 0.3) is 33.4 Å². The highest BCUT2D eigenvalue weighted by Crippen LogP contribution is 2.43. The molecule has 2 amide bonds. The van der Waals surface area contributed by atoms with Gasteiger partial charge in [-0.15, -0.1) is 11.3 Å². The number of methoxy groups -OCH3 is 1. The molecule has 360 valence electrons. The molecule has 0 radical (unpaired) electrons. The smallest absolute Gasteiger partial charge is 0.324 e. The quantitative estimate of drug-likeness (QED) is 0.190. The van der Waals surface area contributed by atoms with Crippen LogP contribution >= 0.6 is 65.3 Å². The molecule has 0 spiro atoms. The zero-order valence-electron chi connectivity index (χ0n) is 38.1. The van der Waals surface area contributed by atoms with Crippen LogP contribution in [0.5, 0.6) is 0 Å². The number of carbonyl (C=O) groups excluding carboxylic acids is 3. The van der Waals surface area contributed by atoms with E-state index >= 15 is 0 Å². The van der Waals surface area contributed by atoms with Crippen molar-refractivity contribution < 1.29 is 32.6 Å². The molecule has 65 heavy (non-hydrogen) atoms. The van der Waals surface area contributed by atoms with E-state index in [0.717, 1.165) is 76.5 Å². The van der Waals surface area contributed by atoms with Gasteiger partial charge in [-0.3, -0.25) is 24.4 Å². The van der Waals surface area contributed by atoms with Gasteiger partial charge in [0.2, 0.25) is 11.8 Å². The summed E-state index contributed by atoms with van der Waals surface area (Å²) in [5, 5.41) is 7.79. The van der Waals surface area contributed by atoms with Crippen LogP contribution < -0.4 is 15.6 Å². The first kappa shape index (κ1) is 54.5. The number of ether oxygens (including phenoxy) is 2. The van der Waals surface area contributed by atoms with Crippen LogP contribution in [-0.2, 0) is 43.2 Å². The maximum absolute atomic E-state index is 14.2. The number of aryl methyl sites for hydroxylation is 1. The second-order valence-electron chi connectivity index (χ2n) is 18.0. The number of hydrazine groups is 1. The lowest BCUT2D eigenvalue weighted by Gasteiger charge is -2.35. The number of nitrogens with one attached hydrogen (secondary N) is 2. The Morgan fingerprint density at radius 2 is 1.82 bits per heavy atom. The van der Waals surface area contributed by atoms with Crippen molar-refractivity contribution in [2.75, 3.05) is 58.4 Å². The Morgan fingerprint density at radius 3 is 2.49 bits per heavy atom. The van der Waals surface area contributed by atoms with Crippen LogP contribution in [0.4, 0.5) is 14.5 Å². The number of fused-ring (bicyclic) bond motifs is 6. The van der Waals surface area contributed by atoms with Gasteiger partial charge in [0.1, 0.15) is 12.1 Å². The van der Waals surface area contributed by atoms with Gasteiger partial charge in [0.15, 0.2) is 0 Å². The highest BCUT2D eigenvalue weighted by atomic mass is 32.1.